The second-order valence-electron chi connectivity index (χ2n) is 3.82. The van der Waals surface area contributed by atoms with Gasteiger partial charge in [0.2, 0.25) is 0 Å². The van der Waals surface area contributed by atoms with Gasteiger partial charge in [0.05, 0.1) is 12.6 Å². The Bertz CT molecular complexity index is 256. The maximum atomic E-state index is 9.45. The van der Waals surface area contributed by atoms with E-state index in [1.807, 2.05) is 0 Å². The van der Waals surface area contributed by atoms with Crippen LogP contribution < -0.4 is 5.73 Å². The van der Waals surface area contributed by atoms with Gasteiger partial charge in [-0.3, -0.25) is 0 Å². The molecule has 0 spiro atoms. The molecule has 0 amide bonds. The fourth-order valence-electron chi connectivity index (χ4n) is 1.12. The van der Waals surface area contributed by atoms with Gasteiger partial charge >= 0.3 is 5.97 Å². The van der Waals surface area contributed by atoms with Gasteiger partial charge in [-0.15, -0.1) is 0 Å². The lowest BCUT2D eigenvalue weighted by molar-refractivity contribution is -0.248. The van der Waals surface area contributed by atoms with E-state index in [1.54, 1.807) is 0 Å². The molecule has 1 saturated heterocycles. The zero-order valence-corrected chi connectivity index (χ0v) is 9.75. The third-order valence-corrected chi connectivity index (χ3v) is 2.31. The van der Waals surface area contributed by atoms with Crippen LogP contribution in [0.15, 0.2) is 0 Å². The predicted octanol–water partition coefficient (Wildman–Crippen LogP) is -3.80. The zero-order chi connectivity index (χ0) is 14.5. The van der Waals surface area contributed by atoms with E-state index < -0.39 is 49.3 Å². The number of ether oxygens (including phenoxy) is 1. The highest BCUT2D eigenvalue weighted by atomic mass is 16.6. The van der Waals surface area contributed by atoms with Crippen molar-refractivity contribution in [2.24, 2.45) is 5.73 Å². The smallest absolute Gasteiger partial charge is 0.332 e. The Kier molecular flexibility index (Phi) is 7.25. The highest BCUT2D eigenvalue weighted by molar-refractivity contribution is 5.71. The van der Waals surface area contributed by atoms with Crippen LogP contribution in [0.5, 0.6) is 0 Å². The summed E-state index contributed by atoms with van der Waals surface area (Å²) in [5.74, 6) is -1.19. The average Bonchev–Trinajstić information content (AvgIpc) is 2.31. The lowest BCUT2D eigenvalue weighted by Crippen LogP contribution is -2.61. The number of aliphatic carboxylic acids is 1. The van der Waals surface area contributed by atoms with E-state index in [1.165, 1.54) is 6.92 Å². The maximum absolute atomic E-state index is 9.45. The molecule has 1 heterocycles. The molecule has 0 aromatic rings. The molecule has 0 aromatic carbocycles. The molecule has 9 heteroatoms. The van der Waals surface area contributed by atoms with Crippen LogP contribution in [-0.2, 0) is 9.53 Å². The molecule has 0 aliphatic carbocycles. The van der Waals surface area contributed by atoms with Crippen molar-refractivity contribution in [2.45, 2.75) is 43.7 Å². The van der Waals surface area contributed by atoms with E-state index in [-0.39, 0.29) is 0 Å². The van der Waals surface area contributed by atoms with Crippen molar-refractivity contribution in [3.8, 4) is 0 Å². The fraction of sp³-hybridized carbons (Fsp3) is 0.889. The number of hydrogen-bond acceptors (Lipinski definition) is 8. The number of hydrogen-bond donors (Lipinski definition) is 7. The Balaban J connectivity index is 0.000000411. The number of aliphatic hydroxyl groups excluding tert-OH is 5. The van der Waals surface area contributed by atoms with Gasteiger partial charge in [0, 0.05) is 0 Å². The van der Waals surface area contributed by atoms with Gasteiger partial charge in [0.1, 0.15) is 24.4 Å². The van der Waals surface area contributed by atoms with Crippen LogP contribution >= 0.6 is 0 Å². The second kappa shape index (κ2) is 7.59. The Morgan fingerprint density at radius 2 is 1.78 bits per heavy atom. The van der Waals surface area contributed by atoms with E-state index in [0.717, 1.165) is 0 Å². The highest BCUT2D eigenvalue weighted by Crippen LogP contribution is 2.17. The minimum atomic E-state index is -1.35. The normalized spacial score (nSPS) is 37.4. The van der Waals surface area contributed by atoms with Gasteiger partial charge in [-0.05, 0) is 6.92 Å². The zero-order valence-electron chi connectivity index (χ0n) is 9.75. The second-order valence-corrected chi connectivity index (χ2v) is 3.82. The molecular weight excluding hydrogens is 250 g/mol. The number of aliphatic hydroxyl groups is 5. The van der Waals surface area contributed by atoms with Crippen LogP contribution in [0.25, 0.3) is 0 Å². The van der Waals surface area contributed by atoms with Gasteiger partial charge in [-0.2, -0.15) is 0 Å². The summed E-state index contributed by atoms with van der Waals surface area (Å²) in [6, 6.07) is -1.04. The molecular formula is C9H19NO8. The SMILES string of the molecule is CC(O)C(=O)O.N[C@H]1C(O)O[C@H](CO)[C@@H](O)[C@@H]1O. The molecule has 1 aliphatic rings. The standard InChI is InChI=1S/C6H13NO5.C3H6O3/c7-3-5(10)4(9)2(1-8)12-6(3)11;1-2(4)3(5)6/h2-6,8-11H,1,7H2;2,4H,1H3,(H,5,6)/t2-,3-,4-,5-,6?;/m1./s1. The van der Waals surface area contributed by atoms with Crippen molar-refractivity contribution in [1.29, 1.82) is 0 Å². The molecule has 0 aromatic heterocycles. The topological polar surface area (TPSA) is 174 Å². The minimum Gasteiger partial charge on any atom is -0.479 e. The molecule has 2 unspecified atom stereocenters. The van der Waals surface area contributed by atoms with Crippen molar-refractivity contribution in [3.63, 3.8) is 0 Å². The Hall–Kier alpha value is -0.810. The molecule has 0 saturated carbocycles. The molecule has 8 N–H and O–H groups in total. The fourth-order valence-corrected chi connectivity index (χ4v) is 1.12. The Morgan fingerprint density at radius 1 is 1.33 bits per heavy atom. The number of nitrogens with two attached hydrogens (primary N) is 1. The molecule has 108 valence electrons. The van der Waals surface area contributed by atoms with Gasteiger partial charge in [-0.1, -0.05) is 0 Å². The van der Waals surface area contributed by atoms with Crippen molar-refractivity contribution < 1.29 is 40.2 Å². The van der Waals surface area contributed by atoms with E-state index in [4.69, 9.17) is 30.9 Å². The average molecular weight is 269 g/mol. The van der Waals surface area contributed by atoms with Crippen LogP contribution in [0, 0.1) is 0 Å². The summed E-state index contributed by atoms with van der Waals surface area (Å²) in [4.78, 5) is 9.45. The summed E-state index contributed by atoms with van der Waals surface area (Å²) >= 11 is 0. The summed E-state index contributed by atoms with van der Waals surface area (Å²) in [5, 5.41) is 51.8. The Morgan fingerprint density at radius 3 is 2.11 bits per heavy atom. The molecule has 9 nitrogen and oxygen atoms in total. The first kappa shape index (κ1) is 17.2. The van der Waals surface area contributed by atoms with Crippen LogP contribution in [0.2, 0.25) is 0 Å². The maximum Gasteiger partial charge on any atom is 0.332 e. The lowest BCUT2D eigenvalue weighted by Gasteiger charge is -2.38. The summed E-state index contributed by atoms with van der Waals surface area (Å²) < 4.78 is 4.70. The van der Waals surface area contributed by atoms with Crippen LogP contribution in [0.3, 0.4) is 0 Å². The number of carboxylic acid groups (broad SMARTS) is 1. The largest absolute Gasteiger partial charge is 0.479 e. The minimum absolute atomic E-state index is 0.470. The molecule has 1 fully saturated rings. The molecule has 1 rings (SSSR count). The van der Waals surface area contributed by atoms with Crippen molar-refractivity contribution in [1.82, 2.24) is 0 Å². The third kappa shape index (κ3) is 4.82. The van der Waals surface area contributed by atoms with E-state index in [9.17, 15) is 15.0 Å². The molecule has 1 aliphatic heterocycles. The number of carboxylic acids is 1. The number of rotatable bonds is 2. The van der Waals surface area contributed by atoms with Gasteiger partial charge in [0.15, 0.2) is 6.29 Å². The number of carbonyl (C=O) groups is 1. The third-order valence-electron chi connectivity index (χ3n) is 2.31. The van der Waals surface area contributed by atoms with Gasteiger partial charge in [-0.25, -0.2) is 4.79 Å². The van der Waals surface area contributed by atoms with Crippen molar-refractivity contribution in [3.05, 3.63) is 0 Å². The van der Waals surface area contributed by atoms with E-state index in [2.05, 4.69) is 0 Å². The molecule has 6 atom stereocenters. The summed E-state index contributed by atoms with van der Waals surface area (Å²) in [5.41, 5.74) is 5.26. The van der Waals surface area contributed by atoms with Crippen LogP contribution in [0.1, 0.15) is 6.92 Å². The predicted molar refractivity (Wildman–Crippen MR) is 57.3 cm³/mol. The lowest BCUT2D eigenvalue weighted by atomic mass is 9.98. The van der Waals surface area contributed by atoms with Crippen molar-refractivity contribution in [2.75, 3.05) is 6.61 Å². The van der Waals surface area contributed by atoms with E-state index >= 15 is 0 Å². The monoisotopic (exact) mass is 269 g/mol. The van der Waals surface area contributed by atoms with Crippen LogP contribution in [0.4, 0.5) is 0 Å². The summed E-state index contributed by atoms with van der Waals surface area (Å²) in [6.07, 6.45) is -6.08. The first-order chi connectivity index (χ1) is 8.22. The first-order valence-corrected chi connectivity index (χ1v) is 5.19. The summed E-state index contributed by atoms with van der Waals surface area (Å²) in [7, 11) is 0. The van der Waals surface area contributed by atoms with Crippen LogP contribution in [-0.4, -0.2) is 80.0 Å². The first-order valence-electron chi connectivity index (χ1n) is 5.19. The highest BCUT2D eigenvalue weighted by Gasteiger charge is 2.41. The summed E-state index contributed by atoms with van der Waals surface area (Å²) in [6.45, 7) is 0.727. The van der Waals surface area contributed by atoms with Crippen molar-refractivity contribution >= 4 is 5.97 Å². The van der Waals surface area contributed by atoms with Gasteiger partial charge < -0.3 is 41.1 Å². The van der Waals surface area contributed by atoms with E-state index in [0.29, 0.717) is 0 Å². The molecule has 18 heavy (non-hydrogen) atoms. The van der Waals surface area contributed by atoms with Gasteiger partial charge in [0.25, 0.3) is 0 Å². The molecule has 0 bridgehead atoms. The quantitative estimate of drug-likeness (QED) is 0.265. The molecule has 0 radical (unpaired) electrons. The Labute approximate surface area is 103 Å².